The van der Waals surface area contributed by atoms with Gasteiger partial charge in [-0.1, -0.05) is 105 Å². The maximum absolute atomic E-state index is 13.0. The third-order valence-corrected chi connectivity index (χ3v) is 10.1. The van der Waals surface area contributed by atoms with Gasteiger partial charge in [0.15, 0.2) is 0 Å². The molecule has 0 saturated heterocycles. The molecule has 0 aromatic heterocycles. The molecule has 1 heterocycles. The lowest BCUT2D eigenvalue weighted by Crippen LogP contribution is -2.52. The number of hydrogen-bond donors (Lipinski definition) is 2. The van der Waals surface area contributed by atoms with E-state index in [0.29, 0.717) is 18.8 Å². The predicted molar refractivity (Wildman–Crippen MR) is 182 cm³/mol. The van der Waals surface area contributed by atoms with E-state index in [1.165, 1.54) is 38.5 Å². The zero-order valence-corrected chi connectivity index (χ0v) is 29.7. The van der Waals surface area contributed by atoms with Crippen molar-refractivity contribution in [3.8, 4) is 11.5 Å². The van der Waals surface area contributed by atoms with Crippen LogP contribution in [-0.4, -0.2) is 33.7 Å². The summed E-state index contributed by atoms with van der Waals surface area (Å²) in [6.07, 6.45) is 16.0. The monoisotopic (exact) mass is 615 g/mol. The standard InChI is InChI=1S/C38H65NO5/c1-10-11-12-13-14-23-33(40)37(39-42)43-34-25-32-31(8)35(41)29(6)30(7)36(32)44-38(34,9)24-17-22-28(5)21-16-20-27(4)19-15-18-26(2)3/h26-28,34,41-42H,10-25H2,1-9H3/b39-37+/t27-,28+,34?,38-/m0/s1. The summed E-state index contributed by atoms with van der Waals surface area (Å²) in [6.45, 7) is 19.4. The molecule has 6 nitrogen and oxygen atoms in total. The molecule has 2 N–H and O–H groups in total. The summed E-state index contributed by atoms with van der Waals surface area (Å²) in [5, 5.41) is 23.9. The van der Waals surface area contributed by atoms with E-state index >= 15 is 0 Å². The Hall–Kier alpha value is -2.24. The normalized spacial score (nSPS) is 19.9. The molecular weight excluding hydrogens is 550 g/mol. The maximum Gasteiger partial charge on any atom is 0.294 e. The van der Waals surface area contributed by atoms with Gasteiger partial charge in [-0.15, -0.1) is 0 Å². The summed E-state index contributed by atoms with van der Waals surface area (Å²) in [5.41, 5.74) is 2.72. The quantitative estimate of drug-likeness (QED) is 0.0501. The van der Waals surface area contributed by atoms with E-state index in [2.05, 4.69) is 46.7 Å². The molecule has 0 radical (unpaired) electrons. The van der Waals surface area contributed by atoms with Crippen LogP contribution in [-0.2, 0) is 16.0 Å². The van der Waals surface area contributed by atoms with Crippen LogP contribution in [0.4, 0.5) is 0 Å². The van der Waals surface area contributed by atoms with Gasteiger partial charge in [0.25, 0.3) is 5.90 Å². The molecule has 1 aromatic rings. The molecule has 1 aliphatic rings. The molecule has 1 unspecified atom stereocenters. The number of hydrogen-bond acceptors (Lipinski definition) is 6. The number of carbonyl (C=O) groups is 1. The highest BCUT2D eigenvalue weighted by Gasteiger charge is 2.45. The summed E-state index contributed by atoms with van der Waals surface area (Å²) >= 11 is 0. The van der Waals surface area contributed by atoms with Crippen molar-refractivity contribution >= 4 is 11.7 Å². The predicted octanol–water partition coefficient (Wildman–Crippen LogP) is 10.6. The van der Waals surface area contributed by atoms with E-state index in [1.807, 2.05) is 20.8 Å². The Morgan fingerprint density at radius 1 is 0.886 bits per heavy atom. The maximum atomic E-state index is 13.0. The van der Waals surface area contributed by atoms with Crippen LogP contribution in [0.15, 0.2) is 5.16 Å². The number of rotatable bonds is 20. The minimum atomic E-state index is -0.713. The Morgan fingerprint density at radius 2 is 1.48 bits per heavy atom. The van der Waals surface area contributed by atoms with Crippen LogP contribution in [0.25, 0.3) is 0 Å². The third kappa shape index (κ3) is 11.3. The first-order valence-corrected chi connectivity index (χ1v) is 17.8. The first kappa shape index (κ1) is 37.9. The van der Waals surface area contributed by atoms with Crippen LogP contribution >= 0.6 is 0 Å². The molecule has 0 fully saturated rings. The van der Waals surface area contributed by atoms with Crippen molar-refractivity contribution in [3.05, 3.63) is 22.3 Å². The number of Topliss-reactive ketones (excluding diaryl/α,β-unsaturated/α-hetero) is 1. The van der Waals surface area contributed by atoms with E-state index in [4.69, 9.17) is 9.47 Å². The van der Waals surface area contributed by atoms with Crippen molar-refractivity contribution in [2.24, 2.45) is 22.9 Å². The van der Waals surface area contributed by atoms with Gasteiger partial charge in [-0.25, -0.2) is 0 Å². The Labute approximate surface area is 269 Å². The zero-order valence-electron chi connectivity index (χ0n) is 29.7. The lowest BCUT2D eigenvalue weighted by molar-refractivity contribution is -0.116. The number of ketones is 1. The van der Waals surface area contributed by atoms with Crippen LogP contribution in [0, 0.1) is 38.5 Å². The van der Waals surface area contributed by atoms with Gasteiger partial charge in [0.2, 0.25) is 5.78 Å². The van der Waals surface area contributed by atoms with Gasteiger partial charge < -0.3 is 19.8 Å². The number of unbranched alkanes of at least 4 members (excludes halogenated alkanes) is 4. The number of phenols is 1. The second-order valence-electron chi connectivity index (χ2n) is 14.6. The number of oxime groups is 1. The second kappa shape index (κ2) is 18.7. The van der Waals surface area contributed by atoms with E-state index in [0.717, 1.165) is 91.2 Å². The molecule has 0 amide bonds. The van der Waals surface area contributed by atoms with Crippen molar-refractivity contribution in [1.82, 2.24) is 0 Å². The van der Waals surface area contributed by atoms with Gasteiger partial charge in [0, 0.05) is 18.4 Å². The minimum Gasteiger partial charge on any atom is -0.507 e. The topological polar surface area (TPSA) is 88.4 Å². The Bertz CT molecular complexity index is 1060. The highest BCUT2D eigenvalue weighted by molar-refractivity contribution is 6.36. The van der Waals surface area contributed by atoms with Crippen molar-refractivity contribution in [3.63, 3.8) is 0 Å². The number of benzene rings is 1. The number of nitrogens with zero attached hydrogens (tertiary/aromatic N) is 1. The van der Waals surface area contributed by atoms with Crippen molar-refractivity contribution in [1.29, 1.82) is 0 Å². The lowest BCUT2D eigenvalue weighted by Gasteiger charge is -2.43. The van der Waals surface area contributed by atoms with Gasteiger partial charge in [-0.2, -0.15) is 0 Å². The lowest BCUT2D eigenvalue weighted by atomic mass is 9.81. The molecule has 6 heteroatoms. The van der Waals surface area contributed by atoms with Crippen LogP contribution in [0.3, 0.4) is 0 Å². The summed E-state index contributed by atoms with van der Waals surface area (Å²) < 4.78 is 13.1. The number of fused-ring (bicyclic) bond motifs is 1. The number of aromatic hydroxyl groups is 1. The van der Waals surface area contributed by atoms with Gasteiger partial charge in [0.05, 0.1) is 0 Å². The van der Waals surface area contributed by atoms with Gasteiger partial charge in [0.1, 0.15) is 23.2 Å². The molecule has 4 atom stereocenters. The van der Waals surface area contributed by atoms with Gasteiger partial charge in [-0.05, 0) is 86.6 Å². The average molecular weight is 616 g/mol. The van der Waals surface area contributed by atoms with Crippen molar-refractivity contribution in [2.45, 2.75) is 177 Å². The van der Waals surface area contributed by atoms with E-state index in [1.54, 1.807) is 0 Å². The molecule has 44 heavy (non-hydrogen) atoms. The Morgan fingerprint density at radius 3 is 2.07 bits per heavy atom. The van der Waals surface area contributed by atoms with Crippen LogP contribution in [0.2, 0.25) is 0 Å². The molecule has 0 spiro atoms. The summed E-state index contributed by atoms with van der Waals surface area (Å²) in [4.78, 5) is 13.0. The fourth-order valence-electron chi connectivity index (χ4n) is 6.69. The summed E-state index contributed by atoms with van der Waals surface area (Å²) in [6, 6.07) is 0. The molecule has 1 aromatic carbocycles. The highest BCUT2D eigenvalue weighted by atomic mass is 16.6. The van der Waals surface area contributed by atoms with Gasteiger partial charge >= 0.3 is 0 Å². The zero-order chi connectivity index (χ0) is 32.9. The fraction of sp³-hybridized carbons (Fsp3) is 0.789. The van der Waals surface area contributed by atoms with Crippen LogP contribution in [0.5, 0.6) is 11.5 Å². The number of carbonyl (C=O) groups excluding carboxylic acids is 1. The molecule has 252 valence electrons. The molecule has 0 aliphatic carbocycles. The number of phenolic OH excluding ortho intramolecular Hbond substituents is 1. The van der Waals surface area contributed by atoms with E-state index < -0.39 is 11.7 Å². The molecule has 0 bridgehead atoms. The van der Waals surface area contributed by atoms with E-state index in [9.17, 15) is 15.1 Å². The van der Waals surface area contributed by atoms with Crippen molar-refractivity contribution < 1.29 is 24.6 Å². The molecule has 1 aliphatic heterocycles. The van der Waals surface area contributed by atoms with Crippen LogP contribution < -0.4 is 4.74 Å². The van der Waals surface area contributed by atoms with Crippen molar-refractivity contribution in [2.75, 3.05) is 0 Å². The SMILES string of the molecule is CCCCCCCC(=O)/C(=N\O)OC1Cc2c(C)c(O)c(C)c(C)c2O[C@@]1(C)CCC[C@H](C)CCC[C@@H](C)CCCC(C)C. The largest absolute Gasteiger partial charge is 0.507 e. The molecular formula is C38H65NO5. The van der Waals surface area contributed by atoms with Gasteiger partial charge in [-0.3, -0.25) is 4.79 Å². The third-order valence-electron chi connectivity index (χ3n) is 10.1. The second-order valence-corrected chi connectivity index (χ2v) is 14.6. The van der Waals surface area contributed by atoms with E-state index in [-0.39, 0.29) is 17.4 Å². The Kier molecular flexibility index (Phi) is 16.1. The number of ether oxygens (including phenoxy) is 2. The minimum absolute atomic E-state index is 0.231. The fourth-order valence-corrected chi connectivity index (χ4v) is 6.69. The highest BCUT2D eigenvalue weighted by Crippen LogP contribution is 2.45. The Balaban J connectivity index is 2.09. The molecule has 2 rings (SSSR count). The first-order chi connectivity index (χ1) is 20.8. The smallest absolute Gasteiger partial charge is 0.294 e. The van der Waals surface area contributed by atoms with Crippen LogP contribution in [0.1, 0.15) is 160 Å². The molecule has 0 saturated carbocycles. The average Bonchev–Trinajstić information content (AvgIpc) is 2.97. The summed E-state index contributed by atoms with van der Waals surface area (Å²) in [5.74, 6) is 2.80. The first-order valence-electron chi connectivity index (χ1n) is 17.8. The summed E-state index contributed by atoms with van der Waals surface area (Å²) in [7, 11) is 0.